The highest BCUT2D eigenvalue weighted by atomic mass is 16.8. The number of aromatic hydroxyl groups is 6. The van der Waals surface area contributed by atoms with Crippen LogP contribution in [0.1, 0.15) is 5.56 Å². The van der Waals surface area contributed by atoms with Crippen molar-refractivity contribution in [3.8, 4) is 51.6 Å². The average molecular weight is 744 g/mol. The molecule has 0 bridgehead atoms. The number of ether oxygens (including phenoxy) is 5. The lowest BCUT2D eigenvalue weighted by molar-refractivity contribution is -0.345. The molecule has 0 saturated carbocycles. The highest BCUT2D eigenvalue weighted by Gasteiger charge is 2.51. The molecule has 2 fully saturated rings. The Morgan fingerprint density at radius 2 is 1.49 bits per heavy atom. The molecule has 2 saturated heterocycles. The maximum Gasteiger partial charge on any atom is 0.402 e. The van der Waals surface area contributed by atoms with Gasteiger partial charge in [0.05, 0.1) is 18.2 Å². The Morgan fingerprint density at radius 1 is 0.774 bits per heavy atom. The number of carbonyl (C=O) groups is 1. The van der Waals surface area contributed by atoms with Gasteiger partial charge in [-0.05, 0) is 35.9 Å². The summed E-state index contributed by atoms with van der Waals surface area (Å²) in [5.74, 6) is -4.01. The van der Waals surface area contributed by atoms with Gasteiger partial charge >= 0.3 is 17.3 Å². The van der Waals surface area contributed by atoms with Crippen molar-refractivity contribution in [2.75, 3.05) is 13.2 Å². The number of phenols is 6. The van der Waals surface area contributed by atoms with Crippen LogP contribution >= 0.6 is 0 Å². The van der Waals surface area contributed by atoms with Crippen molar-refractivity contribution >= 4 is 23.0 Å². The van der Waals surface area contributed by atoms with Gasteiger partial charge < -0.3 is 79.9 Å². The maximum atomic E-state index is 12.6. The van der Waals surface area contributed by atoms with Gasteiger partial charge in [0.2, 0.25) is 12.0 Å². The molecule has 1 aromatic heterocycles. The fourth-order valence-corrected chi connectivity index (χ4v) is 5.62. The minimum absolute atomic E-state index is 0.000715. The fraction of sp³-hybridized carbons (Fsp3) is 0.314. The Morgan fingerprint density at radius 3 is 2.21 bits per heavy atom. The Labute approximate surface area is 298 Å². The van der Waals surface area contributed by atoms with Gasteiger partial charge in [0.1, 0.15) is 60.1 Å². The van der Waals surface area contributed by atoms with Crippen LogP contribution in [-0.4, -0.2) is 131 Å². The second-order valence-electron chi connectivity index (χ2n) is 12.2. The first-order valence-corrected chi connectivity index (χ1v) is 15.9. The van der Waals surface area contributed by atoms with Gasteiger partial charge in [-0.1, -0.05) is 6.07 Å². The number of fused-ring (bicyclic) bond motifs is 1. The quantitative estimate of drug-likeness (QED) is 0.0482. The minimum Gasteiger partial charge on any atom is -0.507 e. The highest BCUT2D eigenvalue weighted by molar-refractivity contribution is 5.89. The van der Waals surface area contributed by atoms with E-state index in [9.17, 15) is 61.0 Å². The third-order valence-electron chi connectivity index (χ3n) is 8.49. The van der Waals surface area contributed by atoms with E-state index in [-0.39, 0.29) is 39.5 Å². The first-order valence-electron chi connectivity index (χ1n) is 15.9. The summed E-state index contributed by atoms with van der Waals surface area (Å²) in [6.07, 6.45) is -13.3. The molecule has 0 spiro atoms. The van der Waals surface area contributed by atoms with Gasteiger partial charge in [-0.2, -0.15) is 0 Å². The predicted molar refractivity (Wildman–Crippen MR) is 176 cm³/mol. The van der Waals surface area contributed by atoms with Gasteiger partial charge in [0, 0.05) is 24.3 Å². The van der Waals surface area contributed by atoms with Crippen LogP contribution < -0.4 is 4.74 Å². The summed E-state index contributed by atoms with van der Waals surface area (Å²) < 4.78 is 34.4. The summed E-state index contributed by atoms with van der Waals surface area (Å²) in [6.45, 7) is -1.16. The normalized spacial score (nSPS) is 27.5. The average Bonchev–Trinajstić information content (AvgIpc) is 3.12. The van der Waals surface area contributed by atoms with Crippen molar-refractivity contribution in [1.29, 1.82) is 0 Å². The number of esters is 1. The topological polar surface area (TPSA) is 297 Å². The summed E-state index contributed by atoms with van der Waals surface area (Å²) in [6, 6.07) is 10.8. The summed E-state index contributed by atoms with van der Waals surface area (Å²) in [4.78, 5) is 12.6. The summed E-state index contributed by atoms with van der Waals surface area (Å²) >= 11 is 0. The monoisotopic (exact) mass is 743 g/mol. The van der Waals surface area contributed by atoms with Crippen LogP contribution in [0.5, 0.6) is 40.2 Å². The molecular weight excluding hydrogens is 708 g/mol. The zero-order valence-electron chi connectivity index (χ0n) is 27.2. The molecule has 4 aromatic rings. The summed E-state index contributed by atoms with van der Waals surface area (Å²) in [5.41, 5.74) is 0.368. The molecule has 9 atom stereocenters. The number of benzene rings is 3. The highest BCUT2D eigenvalue weighted by Crippen LogP contribution is 2.42. The van der Waals surface area contributed by atoms with E-state index in [2.05, 4.69) is 0 Å². The molecule has 11 N–H and O–H groups in total. The predicted octanol–water partition coefficient (Wildman–Crippen LogP) is 0.521. The SMILES string of the molecule is O=C(/C=C/c1ccc(O)c(O)c1)OCC1O[C@@H](Oc2cc3c(O)cc(O)cc3[o+]c2-c2ccc(O)c(O)c2)C(O[C@@H]2OC[C@@H](O)C(O)[C@H]2O)C(O)[C@@H]1O. The Balaban J connectivity index is 1.33. The first kappa shape index (κ1) is 37.3. The number of rotatable bonds is 9. The van der Waals surface area contributed by atoms with Crippen molar-refractivity contribution in [1.82, 2.24) is 0 Å². The fourth-order valence-electron chi connectivity index (χ4n) is 5.62. The molecule has 0 radical (unpaired) electrons. The van der Waals surface area contributed by atoms with Gasteiger partial charge in [-0.25, -0.2) is 9.21 Å². The van der Waals surface area contributed by atoms with Crippen LogP contribution in [0.2, 0.25) is 0 Å². The van der Waals surface area contributed by atoms with Crippen LogP contribution in [0.25, 0.3) is 28.4 Å². The molecule has 0 amide bonds. The third kappa shape index (κ3) is 7.99. The second-order valence-corrected chi connectivity index (χ2v) is 12.2. The van der Waals surface area contributed by atoms with E-state index in [1.807, 2.05) is 0 Å². The van der Waals surface area contributed by atoms with E-state index in [1.54, 1.807) is 0 Å². The largest absolute Gasteiger partial charge is 0.507 e. The van der Waals surface area contributed by atoms with Gasteiger partial charge in [0.25, 0.3) is 0 Å². The Bertz CT molecular complexity index is 2000. The molecule has 2 aliphatic heterocycles. The van der Waals surface area contributed by atoms with Crippen molar-refractivity contribution < 1.29 is 89.1 Å². The van der Waals surface area contributed by atoms with E-state index in [0.29, 0.717) is 5.56 Å². The molecule has 18 heteroatoms. The van der Waals surface area contributed by atoms with Crippen LogP contribution in [-0.2, 0) is 23.7 Å². The van der Waals surface area contributed by atoms with Gasteiger partial charge in [-0.3, -0.25) is 0 Å². The van der Waals surface area contributed by atoms with Crippen molar-refractivity contribution in [3.63, 3.8) is 0 Å². The van der Waals surface area contributed by atoms with E-state index < -0.39 is 97.5 Å². The van der Waals surface area contributed by atoms with Crippen LogP contribution in [0.15, 0.2) is 65.1 Å². The van der Waals surface area contributed by atoms with E-state index in [1.165, 1.54) is 42.5 Å². The molecule has 3 aromatic carbocycles. The Hall–Kier alpha value is -5.44. The van der Waals surface area contributed by atoms with Crippen LogP contribution in [0.4, 0.5) is 0 Å². The molecule has 6 rings (SSSR count). The number of carbonyl (C=O) groups excluding carboxylic acids is 1. The smallest absolute Gasteiger partial charge is 0.402 e. The molecule has 282 valence electrons. The van der Waals surface area contributed by atoms with Gasteiger partial charge in [-0.15, -0.1) is 0 Å². The number of phenolic OH excluding ortho intramolecular Hbond substituents is 6. The molecule has 4 unspecified atom stereocenters. The second kappa shape index (κ2) is 15.3. The lowest BCUT2D eigenvalue weighted by Gasteiger charge is -2.44. The molecular formula is C35H35O18+. The number of hydrogen-bond donors (Lipinski definition) is 11. The zero-order valence-corrected chi connectivity index (χ0v) is 27.2. The molecule has 0 aliphatic carbocycles. The Kier molecular flexibility index (Phi) is 10.8. The first-order chi connectivity index (χ1) is 25.2. The van der Waals surface area contributed by atoms with Crippen LogP contribution in [0, 0.1) is 0 Å². The maximum absolute atomic E-state index is 12.6. The van der Waals surface area contributed by atoms with Crippen molar-refractivity contribution in [2.24, 2.45) is 0 Å². The van der Waals surface area contributed by atoms with Crippen molar-refractivity contribution in [2.45, 2.75) is 55.3 Å². The summed E-state index contributed by atoms with van der Waals surface area (Å²) in [7, 11) is 0. The lowest BCUT2D eigenvalue weighted by atomic mass is 9.98. The van der Waals surface area contributed by atoms with E-state index >= 15 is 0 Å². The van der Waals surface area contributed by atoms with E-state index in [4.69, 9.17) is 28.1 Å². The minimum atomic E-state index is -1.93. The lowest BCUT2D eigenvalue weighted by Crippen LogP contribution is -2.64. The summed E-state index contributed by atoms with van der Waals surface area (Å²) in [5, 5.41) is 113. The van der Waals surface area contributed by atoms with Crippen LogP contribution in [0.3, 0.4) is 0 Å². The van der Waals surface area contributed by atoms with E-state index in [0.717, 1.165) is 24.3 Å². The molecule has 3 heterocycles. The van der Waals surface area contributed by atoms with Gasteiger partial charge in [0.15, 0.2) is 35.4 Å². The standard InChI is InChI=1S/C35H34O18/c36-16-9-20(39)17-11-25(32(50-24(17)10-16)15-3-5-19(38)22(41)8-15)51-35-33(53-34-31(47)28(44)23(42)12-49-34)30(46)29(45)26(52-35)13-48-27(43)6-2-14-1-4-18(37)21(40)7-14/h1-11,23,26,28-31,33-35,42,44-47H,12-13H2,(H5-,36,37,38,39,40,41,43)/p+1/t23-,26?,28?,29-,30?,31-,33?,34+,35-/m1/s1. The molecule has 2 aliphatic rings. The molecule has 53 heavy (non-hydrogen) atoms. The third-order valence-corrected chi connectivity index (χ3v) is 8.49. The molecule has 18 nitrogen and oxygen atoms in total. The number of hydrogen-bond acceptors (Lipinski definition) is 17. The van der Waals surface area contributed by atoms with Crippen molar-refractivity contribution in [3.05, 3.63) is 66.2 Å². The number of aliphatic hydroxyl groups excluding tert-OH is 5. The number of aliphatic hydroxyl groups is 5. The zero-order chi connectivity index (χ0) is 38.1.